The van der Waals surface area contributed by atoms with Gasteiger partial charge in [0.1, 0.15) is 0 Å². The van der Waals surface area contributed by atoms with Gasteiger partial charge in [-0.05, 0) is 60.7 Å². The molecule has 0 unspecified atom stereocenters. The molecule has 0 radical (unpaired) electrons. The van der Waals surface area contributed by atoms with Crippen molar-refractivity contribution in [1.82, 2.24) is 5.32 Å². The highest BCUT2D eigenvalue weighted by Crippen LogP contribution is 2.15. The third-order valence-corrected chi connectivity index (χ3v) is 3.65. The van der Waals surface area contributed by atoms with Crippen LogP contribution in [0.25, 0.3) is 0 Å². The number of hydrogen-bond donors (Lipinski definition) is 1. The summed E-state index contributed by atoms with van der Waals surface area (Å²) in [7, 11) is 0. The Kier molecular flexibility index (Phi) is 4.55. The van der Waals surface area contributed by atoms with E-state index in [1.165, 1.54) is 22.3 Å². The largest absolute Gasteiger partial charge is 0.309 e. The van der Waals surface area contributed by atoms with Gasteiger partial charge in [0, 0.05) is 13.1 Å². The summed E-state index contributed by atoms with van der Waals surface area (Å²) in [5, 5.41) is 12.3. The van der Waals surface area contributed by atoms with E-state index in [0.29, 0.717) is 5.56 Å². The molecule has 2 nitrogen and oxygen atoms in total. The fourth-order valence-corrected chi connectivity index (χ4v) is 2.30. The highest BCUT2D eigenvalue weighted by molar-refractivity contribution is 5.36. The third kappa shape index (κ3) is 3.46. The minimum Gasteiger partial charge on any atom is -0.309 e. The number of aryl methyl sites for hydroxylation is 3. The molecule has 0 aliphatic carbocycles. The van der Waals surface area contributed by atoms with Crippen LogP contribution in [0.2, 0.25) is 0 Å². The Morgan fingerprint density at radius 3 is 2.45 bits per heavy atom. The van der Waals surface area contributed by atoms with Crippen molar-refractivity contribution in [2.75, 3.05) is 0 Å². The van der Waals surface area contributed by atoms with E-state index in [9.17, 15) is 0 Å². The highest BCUT2D eigenvalue weighted by atomic mass is 14.8. The predicted octanol–water partition coefficient (Wildman–Crippen LogP) is 3.77. The smallest absolute Gasteiger partial charge is 0.0991 e. The minimum atomic E-state index is 0.715. The van der Waals surface area contributed by atoms with Crippen LogP contribution in [-0.2, 0) is 13.1 Å². The van der Waals surface area contributed by atoms with Gasteiger partial charge in [-0.15, -0.1) is 0 Å². The first kappa shape index (κ1) is 14.3. The van der Waals surface area contributed by atoms with Crippen LogP contribution < -0.4 is 5.32 Å². The molecule has 0 saturated heterocycles. The maximum absolute atomic E-state index is 8.89. The molecule has 1 N–H and O–H groups in total. The molecule has 0 spiro atoms. The molecule has 2 heteroatoms. The maximum atomic E-state index is 8.89. The zero-order valence-electron chi connectivity index (χ0n) is 12.3. The molecule has 0 saturated carbocycles. The minimum absolute atomic E-state index is 0.715. The molecule has 0 amide bonds. The first-order valence-corrected chi connectivity index (χ1v) is 6.86. The number of rotatable bonds is 4. The van der Waals surface area contributed by atoms with E-state index in [1.807, 2.05) is 24.3 Å². The van der Waals surface area contributed by atoms with Crippen molar-refractivity contribution in [3.63, 3.8) is 0 Å². The Bertz CT molecular complexity index is 651. The summed E-state index contributed by atoms with van der Waals surface area (Å²) in [6.45, 7) is 8.08. The predicted molar refractivity (Wildman–Crippen MR) is 82.4 cm³/mol. The lowest BCUT2D eigenvalue weighted by molar-refractivity contribution is 0.690. The first-order chi connectivity index (χ1) is 9.60. The van der Waals surface area contributed by atoms with Gasteiger partial charge < -0.3 is 5.32 Å². The molecular weight excluding hydrogens is 244 g/mol. The molecule has 102 valence electrons. The normalized spacial score (nSPS) is 10.3. The van der Waals surface area contributed by atoms with Crippen molar-refractivity contribution in [1.29, 1.82) is 5.26 Å². The zero-order valence-corrected chi connectivity index (χ0v) is 12.3. The first-order valence-electron chi connectivity index (χ1n) is 6.86. The van der Waals surface area contributed by atoms with Crippen LogP contribution in [0.3, 0.4) is 0 Å². The van der Waals surface area contributed by atoms with E-state index in [2.05, 4.69) is 44.3 Å². The van der Waals surface area contributed by atoms with E-state index in [1.54, 1.807) is 0 Å². The van der Waals surface area contributed by atoms with Gasteiger partial charge in [0.25, 0.3) is 0 Å². The average Bonchev–Trinajstić information content (AvgIpc) is 2.44. The van der Waals surface area contributed by atoms with Gasteiger partial charge in [-0.25, -0.2) is 0 Å². The number of nitrogens with zero attached hydrogens (tertiary/aromatic N) is 1. The third-order valence-electron chi connectivity index (χ3n) is 3.65. The molecule has 0 fully saturated rings. The Morgan fingerprint density at radius 1 is 0.950 bits per heavy atom. The van der Waals surface area contributed by atoms with E-state index >= 15 is 0 Å². The topological polar surface area (TPSA) is 35.8 Å². The Labute approximate surface area is 121 Å². The molecule has 0 atom stereocenters. The van der Waals surface area contributed by atoms with Crippen molar-refractivity contribution in [2.45, 2.75) is 33.9 Å². The van der Waals surface area contributed by atoms with Crippen LogP contribution in [0.4, 0.5) is 0 Å². The van der Waals surface area contributed by atoms with Crippen LogP contribution in [0.1, 0.15) is 33.4 Å². The zero-order chi connectivity index (χ0) is 14.5. The second kappa shape index (κ2) is 6.36. The van der Waals surface area contributed by atoms with Crippen LogP contribution in [0, 0.1) is 32.1 Å². The van der Waals surface area contributed by atoms with Crippen molar-refractivity contribution in [3.05, 3.63) is 69.8 Å². The number of benzene rings is 2. The lowest BCUT2D eigenvalue weighted by Crippen LogP contribution is -2.14. The van der Waals surface area contributed by atoms with Gasteiger partial charge in [0.05, 0.1) is 11.6 Å². The summed E-state index contributed by atoms with van der Waals surface area (Å²) < 4.78 is 0. The molecule has 0 bridgehead atoms. The van der Waals surface area contributed by atoms with E-state index in [4.69, 9.17) is 5.26 Å². The van der Waals surface area contributed by atoms with Gasteiger partial charge >= 0.3 is 0 Å². The van der Waals surface area contributed by atoms with Crippen LogP contribution in [0.5, 0.6) is 0 Å². The van der Waals surface area contributed by atoms with E-state index in [-0.39, 0.29) is 0 Å². The fourth-order valence-electron chi connectivity index (χ4n) is 2.30. The van der Waals surface area contributed by atoms with Gasteiger partial charge in [-0.1, -0.05) is 24.3 Å². The van der Waals surface area contributed by atoms with Gasteiger partial charge in [0.15, 0.2) is 0 Å². The van der Waals surface area contributed by atoms with Crippen molar-refractivity contribution >= 4 is 0 Å². The quantitative estimate of drug-likeness (QED) is 0.912. The monoisotopic (exact) mass is 264 g/mol. The summed E-state index contributed by atoms with van der Waals surface area (Å²) >= 11 is 0. The Hall–Kier alpha value is -2.11. The molecule has 0 aromatic heterocycles. The van der Waals surface area contributed by atoms with E-state index < -0.39 is 0 Å². The van der Waals surface area contributed by atoms with Gasteiger partial charge in [-0.2, -0.15) is 5.26 Å². The van der Waals surface area contributed by atoms with Crippen molar-refractivity contribution in [3.8, 4) is 6.07 Å². The summed E-state index contributed by atoms with van der Waals surface area (Å²) in [5.41, 5.74) is 7.19. The highest BCUT2D eigenvalue weighted by Gasteiger charge is 2.02. The lowest BCUT2D eigenvalue weighted by atomic mass is 10.0. The van der Waals surface area contributed by atoms with E-state index in [0.717, 1.165) is 18.7 Å². The van der Waals surface area contributed by atoms with Crippen molar-refractivity contribution < 1.29 is 0 Å². The number of hydrogen-bond acceptors (Lipinski definition) is 2. The fraction of sp³-hybridized carbons (Fsp3) is 0.278. The Balaban J connectivity index is 1.99. The molecule has 2 aromatic carbocycles. The summed E-state index contributed by atoms with van der Waals surface area (Å²) in [6.07, 6.45) is 0. The van der Waals surface area contributed by atoms with Gasteiger partial charge in [0.2, 0.25) is 0 Å². The molecule has 0 aliphatic heterocycles. The molecule has 20 heavy (non-hydrogen) atoms. The summed E-state index contributed by atoms with van der Waals surface area (Å²) in [4.78, 5) is 0. The molecule has 0 heterocycles. The number of nitrogens with one attached hydrogen (secondary N) is 1. The molecule has 2 rings (SSSR count). The van der Waals surface area contributed by atoms with Crippen LogP contribution in [0.15, 0.2) is 36.4 Å². The molecule has 2 aromatic rings. The molecule has 0 aliphatic rings. The average molecular weight is 264 g/mol. The second-order valence-corrected chi connectivity index (χ2v) is 5.28. The lowest BCUT2D eigenvalue weighted by Gasteiger charge is -2.11. The summed E-state index contributed by atoms with van der Waals surface area (Å²) in [5.74, 6) is 0. The standard InChI is InChI=1S/C18H20N2/c1-13-7-15(3)18(8-14(13)2)12-20-11-17-6-4-5-16(9-17)10-19/h4-9,20H,11-12H2,1-3H3. The van der Waals surface area contributed by atoms with Crippen LogP contribution in [-0.4, -0.2) is 0 Å². The SMILES string of the molecule is Cc1cc(C)c(CNCc2cccc(C#N)c2)cc1C. The van der Waals surface area contributed by atoms with Gasteiger partial charge in [-0.3, -0.25) is 0 Å². The van der Waals surface area contributed by atoms with Crippen molar-refractivity contribution in [2.24, 2.45) is 0 Å². The number of nitriles is 1. The summed E-state index contributed by atoms with van der Waals surface area (Å²) in [6, 6.07) is 14.4. The second-order valence-electron chi connectivity index (χ2n) is 5.28. The molecular formula is C18H20N2. The van der Waals surface area contributed by atoms with Crippen LogP contribution >= 0.6 is 0 Å². The Morgan fingerprint density at radius 2 is 1.70 bits per heavy atom. The maximum Gasteiger partial charge on any atom is 0.0991 e.